The normalized spacial score (nSPS) is 21.4. The molecule has 2 unspecified atom stereocenters. The minimum absolute atomic E-state index is 0. The van der Waals surface area contributed by atoms with Gasteiger partial charge in [-0.2, -0.15) is 0 Å². The van der Waals surface area contributed by atoms with Crippen molar-refractivity contribution < 1.29 is 8.42 Å². The quantitative estimate of drug-likeness (QED) is 0.848. The summed E-state index contributed by atoms with van der Waals surface area (Å²) in [5.74, 6) is 0.193. The van der Waals surface area contributed by atoms with Crippen LogP contribution >= 0.6 is 12.4 Å². The van der Waals surface area contributed by atoms with Gasteiger partial charge in [0, 0.05) is 17.6 Å². The topological polar surface area (TPSA) is 85.1 Å². The van der Waals surface area contributed by atoms with Crippen molar-refractivity contribution in [1.29, 1.82) is 0 Å². The summed E-state index contributed by atoms with van der Waals surface area (Å²) >= 11 is 0. The Kier molecular flexibility index (Phi) is 6.57. The number of pyridine rings is 1. The lowest BCUT2D eigenvalue weighted by molar-refractivity contribution is 0.296. The zero-order chi connectivity index (χ0) is 16.3. The van der Waals surface area contributed by atoms with Crippen LogP contribution in [0.5, 0.6) is 0 Å². The van der Waals surface area contributed by atoms with Gasteiger partial charge in [0.2, 0.25) is 10.0 Å². The van der Waals surface area contributed by atoms with Crippen LogP contribution in [0.3, 0.4) is 0 Å². The fourth-order valence-electron chi connectivity index (χ4n) is 3.41. The molecular formula is C17H24ClN3O2S. The van der Waals surface area contributed by atoms with E-state index < -0.39 is 10.0 Å². The van der Waals surface area contributed by atoms with Crippen molar-refractivity contribution in [2.75, 3.05) is 6.54 Å². The van der Waals surface area contributed by atoms with Crippen molar-refractivity contribution in [2.45, 2.75) is 37.5 Å². The Labute approximate surface area is 149 Å². The van der Waals surface area contributed by atoms with Gasteiger partial charge < -0.3 is 5.73 Å². The van der Waals surface area contributed by atoms with Gasteiger partial charge in [0.1, 0.15) is 0 Å². The van der Waals surface area contributed by atoms with Gasteiger partial charge in [-0.15, -0.1) is 12.4 Å². The SMILES string of the molecule is Cl.NCC1CCCCC1NS(=O)(=O)Cc1cccc2cccnc12. The summed E-state index contributed by atoms with van der Waals surface area (Å²) in [4.78, 5) is 4.33. The molecule has 3 N–H and O–H groups in total. The predicted octanol–water partition coefficient (Wildman–Crippen LogP) is 2.59. The van der Waals surface area contributed by atoms with Crippen LogP contribution in [0.4, 0.5) is 0 Å². The monoisotopic (exact) mass is 369 g/mol. The number of sulfonamides is 1. The molecule has 1 aliphatic rings. The molecule has 0 spiro atoms. The van der Waals surface area contributed by atoms with E-state index in [0.29, 0.717) is 6.54 Å². The van der Waals surface area contributed by atoms with E-state index in [1.165, 1.54) is 0 Å². The zero-order valence-electron chi connectivity index (χ0n) is 13.5. The second kappa shape index (κ2) is 8.25. The number of benzene rings is 1. The highest BCUT2D eigenvalue weighted by Crippen LogP contribution is 2.25. The van der Waals surface area contributed by atoms with E-state index in [1.54, 1.807) is 6.20 Å². The molecule has 1 aromatic carbocycles. The Bertz CT molecular complexity index is 777. The van der Waals surface area contributed by atoms with Crippen LogP contribution in [-0.4, -0.2) is 26.0 Å². The molecule has 2 atom stereocenters. The van der Waals surface area contributed by atoms with Crippen LogP contribution in [0.2, 0.25) is 0 Å². The number of aromatic nitrogens is 1. The molecule has 1 aliphatic carbocycles. The molecule has 7 heteroatoms. The van der Waals surface area contributed by atoms with Crippen LogP contribution in [-0.2, 0) is 15.8 Å². The summed E-state index contributed by atoms with van der Waals surface area (Å²) in [5, 5.41) is 0.956. The first-order chi connectivity index (χ1) is 11.1. The molecule has 0 amide bonds. The number of rotatable bonds is 5. The van der Waals surface area contributed by atoms with E-state index in [1.807, 2.05) is 30.3 Å². The fourth-order valence-corrected chi connectivity index (χ4v) is 4.90. The van der Waals surface area contributed by atoms with Gasteiger partial charge in [-0.25, -0.2) is 13.1 Å². The number of nitrogens with one attached hydrogen (secondary N) is 1. The molecule has 0 radical (unpaired) electrons. The predicted molar refractivity (Wildman–Crippen MR) is 99.6 cm³/mol. The number of fused-ring (bicyclic) bond motifs is 1. The van der Waals surface area contributed by atoms with Gasteiger partial charge in [0.05, 0.1) is 11.3 Å². The van der Waals surface area contributed by atoms with Crippen LogP contribution in [0.25, 0.3) is 10.9 Å². The number of hydrogen-bond acceptors (Lipinski definition) is 4. The van der Waals surface area contributed by atoms with E-state index in [4.69, 9.17) is 5.73 Å². The first-order valence-corrected chi connectivity index (χ1v) is 9.77. The molecular weight excluding hydrogens is 346 g/mol. The summed E-state index contributed by atoms with van der Waals surface area (Å²) in [5.41, 5.74) is 7.28. The van der Waals surface area contributed by atoms with Crippen molar-refractivity contribution >= 4 is 33.3 Å². The first kappa shape index (κ1) is 19.1. The average Bonchev–Trinajstić information content (AvgIpc) is 2.55. The summed E-state index contributed by atoms with van der Waals surface area (Å²) < 4.78 is 28.1. The van der Waals surface area contributed by atoms with Gasteiger partial charge in [0.25, 0.3) is 0 Å². The van der Waals surface area contributed by atoms with Gasteiger partial charge in [-0.3, -0.25) is 4.98 Å². The van der Waals surface area contributed by atoms with Crippen LogP contribution < -0.4 is 10.5 Å². The Morgan fingerprint density at radius 2 is 1.92 bits per heavy atom. The van der Waals surface area contributed by atoms with Crippen molar-refractivity contribution in [1.82, 2.24) is 9.71 Å². The Hall–Kier alpha value is -1.21. The lowest BCUT2D eigenvalue weighted by Crippen LogP contribution is -2.45. The summed E-state index contributed by atoms with van der Waals surface area (Å²) in [6.45, 7) is 0.531. The summed E-state index contributed by atoms with van der Waals surface area (Å²) in [6, 6.07) is 9.40. The lowest BCUT2D eigenvalue weighted by atomic mass is 9.85. The van der Waals surface area contributed by atoms with Gasteiger partial charge in [0.15, 0.2) is 0 Å². The molecule has 1 aromatic heterocycles. The Morgan fingerprint density at radius 3 is 2.71 bits per heavy atom. The third-order valence-corrected chi connectivity index (χ3v) is 5.96. The Morgan fingerprint density at radius 1 is 1.17 bits per heavy atom. The summed E-state index contributed by atoms with van der Waals surface area (Å²) in [7, 11) is -3.41. The summed E-state index contributed by atoms with van der Waals surface area (Å²) in [6.07, 6.45) is 5.75. The maximum atomic E-state index is 12.6. The van der Waals surface area contributed by atoms with Crippen LogP contribution in [0.15, 0.2) is 36.5 Å². The van der Waals surface area contributed by atoms with E-state index >= 15 is 0 Å². The van der Waals surface area contributed by atoms with E-state index in [9.17, 15) is 8.42 Å². The molecule has 0 aliphatic heterocycles. The molecule has 1 heterocycles. The van der Waals surface area contributed by atoms with Gasteiger partial charge in [-0.1, -0.05) is 37.1 Å². The zero-order valence-corrected chi connectivity index (χ0v) is 15.2. The van der Waals surface area contributed by atoms with Gasteiger partial charge >= 0.3 is 0 Å². The van der Waals surface area contributed by atoms with E-state index in [0.717, 1.165) is 42.1 Å². The largest absolute Gasteiger partial charge is 0.330 e. The Balaban J connectivity index is 0.00000208. The highest BCUT2D eigenvalue weighted by atomic mass is 35.5. The fraction of sp³-hybridized carbons (Fsp3) is 0.471. The number of para-hydroxylation sites is 1. The molecule has 0 bridgehead atoms. The maximum absolute atomic E-state index is 12.6. The standard InChI is InChI=1S/C17H23N3O2S.ClH/c18-11-14-5-1-2-9-16(14)20-23(21,22)12-15-7-3-6-13-8-4-10-19-17(13)15;/h3-4,6-8,10,14,16,20H,1-2,5,9,11-12,18H2;1H. The van der Waals surface area contributed by atoms with Crippen LogP contribution in [0, 0.1) is 5.92 Å². The van der Waals surface area contributed by atoms with Crippen molar-refractivity contribution in [3.05, 3.63) is 42.1 Å². The van der Waals surface area contributed by atoms with Crippen LogP contribution in [0.1, 0.15) is 31.2 Å². The molecule has 3 rings (SSSR count). The third kappa shape index (κ3) is 4.45. The number of hydrogen-bond donors (Lipinski definition) is 2. The highest BCUT2D eigenvalue weighted by Gasteiger charge is 2.28. The average molecular weight is 370 g/mol. The molecule has 1 saturated carbocycles. The number of halogens is 1. The van der Waals surface area contributed by atoms with Crippen molar-refractivity contribution in [2.24, 2.45) is 11.7 Å². The number of nitrogens with two attached hydrogens (primary N) is 1. The molecule has 132 valence electrons. The first-order valence-electron chi connectivity index (χ1n) is 8.12. The van der Waals surface area contributed by atoms with Gasteiger partial charge in [-0.05, 0) is 36.9 Å². The molecule has 2 aromatic rings. The molecule has 24 heavy (non-hydrogen) atoms. The minimum atomic E-state index is -3.41. The smallest absolute Gasteiger partial charge is 0.216 e. The molecule has 1 fully saturated rings. The highest BCUT2D eigenvalue weighted by molar-refractivity contribution is 7.88. The van der Waals surface area contributed by atoms with E-state index in [2.05, 4.69) is 9.71 Å². The third-order valence-electron chi connectivity index (χ3n) is 4.60. The second-order valence-electron chi connectivity index (χ2n) is 6.26. The number of nitrogens with zero attached hydrogens (tertiary/aromatic N) is 1. The minimum Gasteiger partial charge on any atom is -0.330 e. The maximum Gasteiger partial charge on any atom is 0.216 e. The molecule has 0 saturated heterocycles. The molecule has 5 nitrogen and oxygen atoms in total. The lowest BCUT2D eigenvalue weighted by Gasteiger charge is -2.31. The van der Waals surface area contributed by atoms with Crippen molar-refractivity contribution in [3.8, 4) is 0 Å². The second-order valence-corrected chi connectivity index (χ2v) is 8.01. The van der Waals surface area contributed by atoms with E-state index in [-0.39, 0.29) is 30.1 Å². The van der Waals surface area contributed by atoms with Crippen molar-refractivity contribution in [3.63, 3.8) is 0 Å².